The van der Waals surface area contributed by atoms with Crippen molar-refractivity contribution in [2.24, 2.45) is 0 Å². The lowest BCUT2D eigenvalue weighted by atomic mass is 10.5. The first-order valence-electron chi connectivity index (χ1n) is 3.47. The summed E-state index contributed by atoms with van der Waals surface area (Å²) in [5.41, 5.74) is 5.06. The Kier molecular flexibility index (Phi) is 2.73. The van der Waals surface area contributed by atoms with Crippen LogP contribution in [0.15, 0.2) is 6.20 Å². The molecule has 0 amide bonds. The molecule has 1 aromatic heterocycles. The molecule has 0 saturated carbocycles. The molecule has 0 unspecified atom stereocenters. The Balaban J connectivity index is 2.72. The highest BCUT2D eigenvalue weighted by Gasteiger charge is 2.27. The molecule has 0 aliphatic heterocycles. The van der Waals surface area contributed by atoms with Crippen molar-refractivity contribution >= 4 is 11.8 Å². The van der Waals surface area contributed by atoms with Gasteiger partial charge in [0.05, 0.1) is 6.20 Å². The van der Waals surface area contributed by atoms with Gasteiger partial charge in [0.1, 0.15) is 6.54 Å². The van der Waals surface area contributed by atoms with Gasteiger partial charge >= 0.3 is 6.18 Å². The fourth-order valence-electron chi connectivity index (χ4n) is 0.689. The van der Waals surface area contributed by atoms with Crippen LogP contribution in [0.25, 0.3) is 0 Å². The summed E-state index contributed by atoms with van der Waals surface area (Å²) in [5.74, 6) is -1.84. The molecule has 0 radical (unpaired) electrons. The van der Waals surface area contributed by atoms with E-state index in [9.17, 15) is 17.6 Å². The third-order valence-corrected chi connectivity index (χ3v) is 1.22. The molecule has 8 heteroatoms. The summed E-state index contributed by atoms with van der Waals surface area (Å²) >= 11 is 0. The predicted molar refractivity (Wildman–Crippen MR) is 40.9 cm³/mol. The summed E-state index contributed by atoms with van der Waals surface area (Å²) in [6.45, 7) is -1.37. The highest BCUT2D eigenvalue weighted by molar-refractivity contribution is 5.39. The van der Waals surface area contributed by atoms with Crippen LogP contribution in [-0.4, -0.2) is 22.7 Å². The maximum absolute atomic E-state index is 12.7. The molecule has 1 aromatic rings. The molecule has 4 nitrogen and oxygen atoms in total. The van der Waals surface area contributed by atoms with Gasteiger partial charge in [-0.15, -0.1) is 0 Å². The minimum Gasteiger partial charge on any atom is -0.368 e. The van der Waals surface area contributed by atoms with Gasteiger partial charge in [0, 0.05) is 0 Å². The number of nitrogens with zero attached hydrogens (tertiary/aromatic N) is 2. The highest BCUT2D eigenvalue weighted by atomic mass is 19.4. The van der Waals surface area contributed by atoms with E-state index in [-0.39, 0.29) is 5.95 Å². The van der Waals surface area contributed by atoms with E-state index < -0.39 is 24.4 Å². The van der Waals surface area contributed by atoms with E-state index in [0.717, 1.165) is 0 Å². The van der Waals surface area contributed by atoms with E-state index in [1.54, 1.807) is 5.32 Å². The fraction of sp³-hybridized carbons (Fsp3) is 0.333. The Bertz CT molecular complexity index is 324. The molecule has 0 saturated heterocycles. The number of anilines is 2. The molecule has 0 atom stereocenters. The Morgan fingerprint density at radius 1 is 1.43 bits per heavy atom. The first-order chi connectivity index (χ1) is 6.38. The number of nitrogens with two attached hydrogens (primary N) is 1. The summed E-state index contributed by atoms with van der Waals surface area (Å²) in [6.07, 6.45) is -3.74. The Hall–Kier alpha value is -1.60. The molecular formula is C6H6F4N4. The predicted octanol–water partition coefficient (Wildman–Crippen LogP) is 1.17. The highest BCUT2D eigenvalue weighted by Crippen LogP contribution is 2.17. The number of nitrogens with one attached hydrogen (secondary N) is 1. The molecule has 1 rings (SSSR count). The van der Waals surface area contributed by atoms with Gasteiger partial charge in [0.15, 0.2) is 11.6 Å². The minimum absolute atomic E-state index is 0.295. The standard InChI is InChI=1S/C6H6F4N4/c7-3-1-12-5(11)14-4(3)13-2-6(8,9)10/h1H,2H2,(H3,11,12,13,14). The Labute approximate surface area is 76.2 Å². The largest absolute Gasteiger partial charge is 0.405 e. The molecule has 0 aliphatic carbocycles. The summed E-state index contributed by atoms with van der Waals surface area (Å²) in [5, 5.41) is 1.76. The summed E-state index contributed by atoms with van der Waals surface area (Å²) in [6, 6.07) is 0. The van der Waals surface area contributed by atoms with E-state index in [4.69, 9.17) is 5.73 Å². The number of rotatable bonds is 2. The van der Waals surface area contributed by atoms with Crippen LogP contribution >= 0.6 is 0 Å². The number of hydrogen-bond acceptors (Lipinski definition) is 4. The second-order valence-corrected chi connectivity index (χ2v) is 2.39. The second-order valence-electron chi connectivity index (χ2n) is 2.39. The summed E-state index contributed by atoms with van der Waals surface area (Å²) in [7, 11) is 0. The fourth-order valence-corrected chi connectivity index (χ4v) is 0.689. The molecule has 0 spiro atoms. The van der Waals surface area contributed by atoms with Crippen LogP contribution in [0.2, 0.25) is 0 Å². The van der Waals surface area contributed by atoms with E-state index in [0.29, 0.717) is 6.20 Å². The van der Waals surface area contributed by atoms with Crippen LogP contribution in [0, 0.1) is 5.82 Å². The zero-order chi connectivity index (χ0) is 10.8. The van der Waals surface area contributed by atoms with Crippen molar-refractivity contribution in [1.82, 2.24) is 9.97 Å². The van der Waals surface area contributed by atoms with E-state index >= 15 is 0 Å². The molecule has 0 aromatic carbocycles. The Morgan fingerprint density at radius 2 is 2.07 bits per heavy atom. The first-order valence-corrected chi connectivity index (χ1v) is 3.47. The quantitative estimate of drug-likeness (QED) is 0.719. The smallest absolute Gasteiger partial charge is 0.368 e. The molecular weight excluding hydrogens is 204 g/mol. The number of halogens is 4. The maximum atomic E-state index is 12.7. The van der Waals surface area contributed by atoms with Crippen LogP contribution in [0.1, 0.15) is 0 Å². The maximum Gasteiger partial charge on any atom is 0.405 e. The SMILES string of the molecule is Nc1ncc(F)c(NCC(F)(F)F)n1. The van der Waals surface area contributed by atoms with Gasteiger partial charge < -0.3 is 11.1 Å². The average Bonchev–Trinajstić information content (AvgIpc) is 2.05. The third kappa shape index (κ3) is 3.04. The van der Waals surface area contributed by atoms with Crippen molar-refractivity contribution in [3.63, 3.8) is 0 Å². The second kappa shape index (κ2) is 3.64. The van der Waals surface area contributed by atoms with Gasteiger partial charge in [-0.1, -0.05) is 0 Å². The first kappa shape index (κ1) is 10.5. The molecule has 14 heavy (non-hydrogen) atoms. The van der Waals surface area contributed by atoms with Crippen LogP contribution < -0.4 is 11.1 Å². The van der Waals surface area contributed by atoms with Crippen LogP contribution in [0.4, 0.5) is 29.3 Å². The average molecular weight is 210 g/mol. The molecule has 0 aliphatic rings. The molecule has 0 bridgehead atoms. The molecule has 3 N–H and O–H groups in total. The van der Waals surface area contributed by atoms with Gasteiger partial charge in [0.25, 0.3) is 0 Å². The van der Waals surface area contributed by atoms with Crippen LogP contribution in [-0.2, 0) is 0 Å². The lowest BCUT2D eigenvalue weighted by molar-refractivity contribution is -0.115. The number of nitrogen functional groups attached to an aromatic ring is 1. The van der Waals surface area contributed by atoms with E-state index in [2.05, 4.69) is 9.97 Å². The van der Waals surface area contributed by atoms with Crippen molar-refractivity contribution in [1.29, 1.82) is 0 Å². The van der Waals surface area contributed by atoms with Crippen molar-refractivity contribution in [2.45, 2.75) is 6.18 Å². The minimum atomic E-state index is -4.44. The molecule has 0 fully saturated rings. The number of hydrogen-bond donors (Lipinski definition) is 2. The number of alkyl halides is 3. The van der Waals surface area contributed by atoms with Crippen molar-refractivity contribution < 1.29 is 17.6 Å². The lowest BCUT2D eigenvalue weighted by Crippen LogP contribution is -2.22. The summed E-state index contributed by atoms with van der Waals surface area (Å²) < 4.78 is 47.9. The monoisotopic (exact) mass is 210 g/mol. The number of aromatic nitrogens is 2. The van der Waals surface area contributed by atoms with E-state index in [1.165, 1.54) is 0 Å². The Morgan fingerprint density at radius 3 is 2.64 bits per heavy atom. The topological polar surface area (TPSA) is 63.8 Å². The van der Waals surface area contributed by atoms with Gasteiger partial charge in [-0.3, -0.25) is 0 Å². The van der Waals surface area contributed by atoms with Gasteiger partial charge in [-0.25, -0.2) is 9.37 Å². The van der Waals surface area contributed by atoms with Gasteiger partial charge in [0.2, 0.25) is 5.95 Å². The van der Waals surface area contributed by atoms with Crippen molar-refractivity contribution in [3.05, 3.63) is 12.0 Å². The molecule has 78 valence electrons. The van der Waals surface area contributed by atoms with E-state index in [1.807, 2.05) is 0 Å². The zero-order valence-electron chi connectivity index (χ0n) is 6.77. The third-order valence-electron chi connectivity index (χ3n) is 1.22. The lowest BCUT2D eigenvalue weighted by Gasteiger charge is -2.09. The molecule has 1 heterocycles. The van der Waals surface area contributed by atoms with Crippen LogP contribution in [0.5, 0.6) is 0 Å². The van der Waals surface area contributed by atoms with Crippen LogP contribution in [0.3, 0.4) is 0 Å². The van der Waals surface area contributed by atoms with Gasteiger partial charge in [-0.05, 0) is 0 Å². The van der Waals surface area contributed by atoms with Crippen molar-refractivity contribution in [2.75, 3.05) is 17.6 Å². The zero-order valence-corrected chi connectivity index (χ0v) is 6.77. The van der Waals surface area contributed by atoms with Crippen molar-refractivity contribution in [3.8, 4) is 0 Å². The normalized spacial score (nSPS) is 11.4. The van der Waals surface area contributed by atoms with Gasteiger partial charge in [-0.2, -0.15) is 18.2 Å². The summed E-state index contributed by atoms with van der Waals surface area (Å²) in [4.78, 5) is 6.51.